The molecule has 0 aliphatic carbocycles. The van der Waals surface area contributed by atoms with Crippen molar-refractivity contribution in [2.75, 3.05) is 7.11 Å². The Kier molecular flexibility index (Phi) is 6.15. The number of nitrogens with zero attached hydrogens (tertiary/aromatic N) is 2. The molecule has 3 aromatic carbocycles. The average Bonchev–Trinajstić information content (AvgIpc) is 3.36. The summed E-state index contributed by atoms with van der Waals surface area (Å²) >= 11 is 6.19. The van der Waals surface area contributed by atoms with Crippen LogP contribution in [0.1, 0.15) is 11.3 Å². The first-order valence-corrected chi connectivity index (χ1v) is 13.0. The van der Waals surface area contributed by atoms with Crippen molar-refractivity contribution in [3.05, 3.63) is 106 Å². The first-order valence-electron chi connectivity index (χ1n) is 11.0. The van der Waals surface area contributed by atoms with Gasteiger partial charge in [-0.05, 0) is 72.1 Å². The van der Waals surface area contributed by atoms with Crippen LogP contribution in [0, 0.1) is 6.92 Å². The molecule has 2 aromatic heterocycles. The topological polar surface area (TPSA) is 91.4 Å². The number of fused-ring (bicyclic) bond motifs is 1. The number of halogens is 1. The van der Waals surface area contributed by atoms with Crippen molar-refractivity contribution >= 4 is 32.3 Å². The zero-order valence-electron chi connectivity index (χ0n) is 19.4. The van der Waals surface area contributed by atoms with Crippen molar-refractivity contribution in [3.8, 4) is 22.6 Å². The molecule has 0 saturated carbocycles. The molecular weight excluding hydrogens is 500 g/mol. The predicted octanol–water partition coefficient (Wildman–Crippen LogP) is 5.59. The largest absolute Gasteiger partial charge is 0.495 e. The van der Waals surface area contributed by atoms with Crippen LogP contribution >= 0.6 is 11.6 Å². The molecule has 5 aromatic rings. The third-order valence-electron chi connectivity index (χ3n) is 5.96. The second-order valence-electron chi connectivity index (χ2n) is 8.33. The van der Waals surface area contributed by atoms with Crippen molar-refractivity contribution in [2.24, 2.45) is 0 Å². The Morgan fingerprint density at radius 3 is 2.58 bits per heavy atom. The van der Waals surface area contributed by atoms with Crippen LogP contribution in [0.4, 0.5) is 0 Å². The van der Waals surface area contributed by atoms with E-state index < -0.39 is 9.84 Å². The predicted molar refractivity (Wildman–Crippen MR) is 139 cm³/mol. The molecule has 9 heteroatoms. The average molecular weight is 521 g/mol. The van der Waals surface area contributed by atoms with Gasteiger partial charge >= 0.3 is 0 Å². The fourth-order valence-electron chi connectivity index (χ4n) is 4.23. The van der Waals surface area contributed by atoms with Gasteiger partial charge in [0.2, 0.25) is 0 Å². The molecule has 182 valence electrons. The lowest BCUT2D eigenvalue weighted by Crippen LogP contribution is -2.18. The van der Waals surface area contributed by atoms with Gasteiger partial charge in [0, 0.05) is 22.5 Å². The summed E-state index contributed by atoms with van der Waals surface area (Å²) in [6.45, 7) is 1.95. The van der Waals surface area contributed by atoms with E-state index in [0.717, 1.165) is 16.7 Å². The molecule has 0 aliphatic heterocycles. The summed E-state index contributed by atoms with van der Waals surface area (Å²) in [5, 5.41) is 4.91. The summed E-state index contributed by atoms with van der Waals surface area (Å²) < 4.78 is 37.8. The summed E-state index contributed by atoms with van der Waals surface area (Å²) in [5.41, 5.74) is 3.92. The molecule has 7 nitrogen and oxygen atoms in total. The number of aromatic nitrogens is 2. The van der Waals surface area contributed by atoms with E-state index in [2.05, 4.69) is 5.16 Å². The Labute approximate surface area is 212 Å². The van der Waals surface area contributed by atoms with Gasteiger partial charge in [-0.15, -0.1) is 0 Å². The zero-order chi connectivity index (χ0) is 25.4. The van der Waals surface area contributed by atoms with Gasteiger partial charge in [-0.1, -0.05) is 28.9 Å². The number of aryl methyl sites for hydroxylation is 1. The van der Waals surface area contributed by atoms with Crippen LogP contribution in [-0.4, -0.2) is 25.3 Å². The summed E-state index contributed by atoms with van der Waals surface area (Å²) in [6.07, 6.45) is 1.33. The Balaban J connectivity index is 1.65. The number of sulfone groups is 1. The summed E-state index contributed by atoms with van der Waals surface area (Å²) in [7, 11) is -2.12. The number of pyridine rings is 1. The lowest BCUT2D eigenvalue weighted by molar-refractivity contribution is 0.413. The van der Waals surface area contributed by atoms with Gasteiger partial charge in [0.15, 0.2) is 9.84 Å². The molecule has 0 radical (unpaired) electrons. The van der Waals surface area contributed by atoms with Crippen LogP contribution in [0.2, 0.25) is 5.02 Å². The molecule has 0 bridgehead atoms. The van der Waals surface area contributed by atoms with Gasteiger partial charge < -0.3 is 9.26 Å². The van der Waals surface area contributed by atoms with Gasteiger partial charge in [-0.3, -0.25) is 9.36 Å². The monoisotopic (exact) mass is 520 g/mol. The highest BCUT2D eigenvalue weighted by molar-refractivity contribution is 7.90. The molecule has 0 amide bonds. The van der Waals surface area contributed by atoms with E-state index in [1.807, 2.05) is 43.3 Å². The first kappa shape index (κ1) is 23.8. The van der Waals surface area contributed by atoms with Crippen molar-refractivity contribution < 1.29 is 17.7 Å². The molecule has 0 fully saturated rings. The molecule has 0 saturated heterocycles. The maximum absolute atomic E-state index is 13.1. The maximum atomic E-state index is 13.1. The second kappa shape index (κ2) is 9.29. The van der Waals surface area contributed by atoms with Crippen molar-refractivity contribution in [1.82, 2.24) is 9.72 Å². The minimum Gasteiger partial charge on any atom is -0.495 e. The molecule has 2 heterocycles. The third kappa shape index (κ3) is 4.41. The van der Waals surface area contributed by atoms with Crippen molar-refractivity contribution in [2.45, 2.75) is 17.6 Å². The normalized spacial score (nSPS) is 11.6. The van der Waals surface area contributed by atoms with E-state index >= 15 is 0 Å². The molecule has 0 atom stereocenters. The number of benzene rings is 3. The van der Waals surface area contributed by atoms with Crippen LogP contribution in [0.25, 0.3) is 27.7 Å². The Morgan fingerprint density at radius 1 is 1.03 bits per heavy atom. The molecule has 0 unspecified atom stereocenters. The van der Waals surface area contributed by atoms with Crippen LogP contribution in [0.15, 0.2) is 93.3 Å². The lowest BCUT2D eigenvalue weighted by Gasteiger charge is -2.17. The summed E-state index contributed by atoms with van der Waals surface area (Å²) in [6, 6.07) is 20.5. The Bertz CT molecular complexity index is 1760. The van der Waals surface area contributed by atoms with Crippen molar-refractivity contribution in [1.29, 1.82) is 0 Å². The van der Waals surface area contributed by atoms with E-state index in [1.54, 1.807) is 25.3 Å². The molecule has 5 rings (SSSR count). The van der Waals surface area contributed by atoms with Gasteiger partial charge in [-0.25, -0.2) is 8.42 Å². The van der Waals surface area contributed by atoms with E-state index in [0.29, 0.717) is 33.1 Å². The zero-order valence-corrected chi connectivity index (χ0v) is 21.0. The third-order valence-corrected chi connectivity index (χ3v) is 7.84. The Hall–Kier alpha value is -3.88. The highest BCUT2D eigenvalue weighted by atomic mass is 35.5. The quantitative estimate of drug-likeness (QED) is 0.290. The van der Waals surface area contributed by atoms with E-state index in [1.165, 1.54) is 29.0 Å². The second-order valence-corrected chi connectivity index (χ2v) is 10.8. The fraction of sp³-hybridized carbons (Fsp3) is 0.111. The minimum atomic E-state index is -3.67. The number of hydrogen-bond acceptors (Lipinski definition) is 6. The standard InChI is InChI=1S/C27H21ClN2O5S/c1-17-12-25(26(34-2)15-23(17)18-4-3-5-20(28)13-18)30-24-8-7-22(14-19(24)6-9-27(30)31)36(32,33)16-21-10-11-35-29-21/h3-15H,16H2,1-2H3. The molecule has 0 aliphatic rings. The molecule has 36 heavy (non-hydrogen) atoms. The molecule has 0 spiro atoms. The van der Waals surface area contributed by atoms with Gasteiger partial charge in [0.05, 0.1) is 28.9 Å². The Morgan fingerprint density at radius 2 is 1.86 bits per heavy atom. The first-order chi connectivity index (χ1) is 17.3. The highest BCUT2D eigenvalue weighted by Gasteiger charge is 2.20. The van der Waals surface area contributed by atoms with Gasteiger partial charge in [-0.2, -0.15) is 0 Å². The fourth-order valence-corrected chi connectivity index (χ4v) is 5.71. The number of ether oxygens (including phenoxy) is 1. The van der Waals surface area contributed by atoms with E-state index in [4.69, 9.17) is 20.9 Å². The van der Waals surface area contributed by atoms with Gasteiger partial charge in [0.25, 0.3) is 5.56 Å². The smallest absolute Gasteiger partial charge is 0.255 e. The van der Waals surface area contributed by atoms with Crippen LogP contribution in [-0.2, 0) is 15.6 Å². The number of hydrogen-bond donors (Lipinski definition) is 0. The van der Waals surface area contributed by atoms with Crippen LogP contribution < -0.4 is 10.3 Å². The van der Waals surface area contributed by atoms with E-state index in [9.17, 15) is 13.2 Å². The number of methoxy groups -OCH3 is 1. The van der Waals surface area contributed by atoms with Crippen molar-refractivity contribution in [3.63, 3.8) is 0 Å². The SMILES string of the molecule is COc1cc(-c2cccc(Cl)c2)c(C)cc1-n1c(=O)ccc2cc(S(=O)(=O)Cc3ccon3)ccc21. The molecule has 0 N–H and O–H groups in total. The maximum Gasteiger partial charge on any atom is 0.255 e. The van der Waals surface area contributed by atoms with E-state index in [-0.39, 0.29) is 16.2 Å². The van der Waals surface area contributed by atoms with Gasteiger partial charge in [0.1, 0.15) is 17.8 Å². The van der Waals surface area contributed by atoms with Crippen LogP contribution in [0.5, 0.6) is 5.75 Å². The lowest BCUT2D eigenvalue weighted by atomic mass is 9.99. The highest BCUT2D eigenvalue weighted by Crippen LogP contribution is 2.35. The molecular formula is C27H21ClN2O5S. The summed E-state index contributed by atoms with van der Waals surface area (Å²) in [4.78, 5) is 13.2. The minimum absolute atomic E-state index is 0.127. The number of rotatable bonds is 6. The summed E-state index contributed by atoms with van der Waals surface area (Å²) in [5.74, 6) is 0.208. The van der Waals surface area contributed by atoms with Crippen LogP contribution in [0.3, 0.4) is 0 Å².